The molecule has 0 unspecified atom stereocenters. The van der Waals surface area contributed by atoms with Gasteiger partial charge in [0, 0.05) is 58.2 Å². The number of hydrogen-bond acceptors (Lipinski definition) is 4. The second-order valence-electron chi connectivity index (χ2n) is 7.61. The molecule has 7 heteroatoms. The Balaban J connectivity index is 1.53. The zero-order valence-electron chi connectivity index (χ0n) is 19.2. The van der Waals surface area contributed by atoms with Crippen molar-refractivity contribution < 1.29 is 9.47 Å². The molecule has 0 aliphatic heterocycles. The highest BCUT2D eigenvalue weighted by molar-refractivity contribution is 5.79. The van der Waals surface area contributed by atoms with Crippen molar-refractivity contribution in [2.24, 2.45) is 4.99 Å². The third-order valence-electron chi connectivity index (χ3n) is 5.00. The molecule has 1 aromatic heterocycles. The first-order chi connectivity index (χ1) is 15.7. The highest BCUT2D eigenvalue weighted by Gasteiger charge is 2.07. The molecule has 0 aliphatic carbocycles. The van der Waals surface area contributed by atoms with Gasteiger partial charge in [-0.2, -0.15) is 5.10 Å². The first-order valence-electron chi connectivity index (χ1n) is 10.9. The lowest BCUT2D eigenvalue weighted by molar-refractivity contribution is 0.171. The fourth-order valence-electron chi connectivity index (χ4n) is 3.33. The van der Waals surface area contributed by atoms with E-state index in [2.05, 4.69) is 70.1 Å². The number of aryl methyl sites for hydroxylation is 1. The van der Waals surface area contributed by atoms with Crippen LogP contribution in [0.25, 0.3) is 0 Å². The quantitative estimate of drug-likeness (QED) is 0.274. The molecule has 2 aromatic carbocycles. The molecular weight excluding hydrogens is 402 g/mol. The van der Waals surface area contributed by atoms with E-state index in [0.717, 1.165) is 30.2 Å². The Morgan fingerprint density at radius 1 is 1.03 bits per heavy atom. The molecule has 0 spiro atoms. The van der Waals surface area contributed by atoms with Crippen LogP contribution >= 0.6 is 0 Å². The molecule has 1 heterocycles. The number of rotatable bonds is 11. The van der Waals surface area contributed by atoms with Gasteiger partial charge in [0.05, 0.1) is 13.2 Å². The summed E-state index contributed by atoms with van der Waals surface area (Å²) in [5.74, 6) is 1.64. The van der Waals surface area contributed by atoms with Gasteiger partial charge in [-0.15, -0.1) is 0 Å². The third-order valence-corrected chi connectivity index (χ3v) is 5.00. The van der Waals surface area contributed by atoms with E-state index in [4.69, 9.17) is 9.47 Å². The molecule has 0 fully saturated rings. The Hall–Kier alpha value is -3.32. The molecular formula is C25H33N5O2. The summed E-state index contributed by atoms with van der Waals surface area (Å²) >= 11 is 0. The Bertz CT molecular complexity index is 986. The van der Waals surface area contributed by atoms with Gasteiger partial charge < -0.3 is 20.1 Å². The van der Waals surface area contributed by atoms with Crippen molar-refractivity contribution in [1.82, 2.24) is 20.4 Å². The summed E-state index contributed by atoms with van der Waals surface area (Å²) in [5.41, 5.74) is 4.67. The molecule has 3 rings (SSSR count). The summed E-state index contributed by atoms with van der Waals surface area (Å²) in [5, 5.41) is 11.1. The highest BCUT2D eigenvalue weighted by Crippen LogP contribution is 2.20. The Labute approximate surface area is 190 Å². The summed E-state index contributed by atoms with van der Waals surface area (Å²) < 4.78 is 13.0. The number of nitrogens with zero attached hydrogens (tertiary/aromatic N) is 3. The zero-order valence-corrected chi connectivity index (χ0v) is 19.2. The van der Waals surface area contributed by atoms with Crippen LogP contribution in [0.5, 0.6) is 5.75 Å². The van der Waals surface area contributed by atoms with Gasteiger partial charge >= 0.3 is 0 Å². The van der Waals surface area contributed by atoms with Gasteiger partial charge in [-0.3, -0.25) is 9.67 Å². The molecule has 0 amide bonds. The number of hydrogen-bond donors (Lipinski definition) is 2. The maximum atomic E-state index is 5.98. The summed E-state index contributed by atoms with van der Waals surface area (Å²) in [7, 11) is 3.48. The SMILES string of the molecule is CN=C(NCc1cccc(Cn2cccn2)c1)NCc1ccc(C)cc1OCCCOC. The number of guanidine groups is 1. The fourth-order valence-corrected chi connectivity index (χ4v) is 3.33. The standard InChI is InChI=1S/C25H33N5O2/c1-20-9-10-23(24(15-20)32-14-6-13-31-3)18-28-25(26-2)27-17-21-7-4-8-22(16-21)19-30-12-5-11-29-30/h4-5,7-12,15-16H,6,13-14,17-19H2,1-3H3,(H2,26,27,28). The average Bonchev–Trinajstić information content (AvgIpc) is 3.31. The van der Waals surface area contributed by atoms with E-state index in [1.165, 1.54) is 16.7 Å². The summed E-state index contributed by atoms with van der Waals surface area (Å²) in [6, 6.07) is 16.7. The van der Waals surface area contributed by atoms with Crippen molar-refractivity contribution in [1.29, 1.82) is 0 Å². The first kappa shape index (κ1) is 23.3. The Kier molecular flexibility index (Phi) is 9.13. The lowest BCUT2D eigenvalue weighted by atomic mass is 10.1. The smallest absolute Gasteiger partial charge is 0.191 e. The molecule has 0 radical (unpaired) electrons. The Morgan fingerprint density at radius 3 is 2.66 bits per heavy atom. The van der Waals surface area contributed by atoms with Crippen molar-refractivity contribution >= 4 is 5.96 Å². The van der Waals surface area contributed by atoms with Crippen LogP contribution in [0.4, 0.5) is 0 Å². The van der Waals surface area contributed by atoms with Crippen LogP contribution in [0.3, 0.4) is 0 Å². The van der Waals surface area contributed by atoms with Crippen LogP contribution in [-0.2, 0) is 24.4 Å². The average molecular weight is 436 g/mol. The maximum Gasteiger partial charge on any atom is 0.191 e. The zero-order chi connectivity index (χ0) is 22.6. The molecule has 7 nitrogen and oxygen atoms in total. The van der Waals surface area contributed by atoms with Gasteiger partial charge in [0.15, 0.2) is 5.96 Å². The minimum atomic E-state index is 0.624. The van der Waals surface area contributed by atoms with Crippen LogP contribution in [-0.4, -0.2) is 43.1 Å². The molecule has 3 aromatic rings. The van der Waals surface area contributed by atoms with Gasteiger partial charge in [-0.05, 0) is 35.7 Å². The van der Waals surface area contributed by atoms with Crippen LogP contribution in [0.1, 0.15) is 28.7 Å². The highest BCUT2D eigenvalue weighted by atomic mass is 16.5. The van der Waals surface area contributed by atoms with Gasteiger partial charge in [0.1, 0.15) is 5.75 Å². The van der Waals surface area contributed by atoms with Gasteiger partial charge in [-0.1, -0.05) is 36.4 Å². The third kappa shape index (κ3) is 7.42. The van der Waals surface area contributed by atoms with Gasteiger partial charge in [0.25, 0.3) is 0 Å². The van der Waals surface area contributed by atoms with E-state index in [1.54, 1.807) is 20.4 Å². The molecule has 0 saturated carbocycles. The number of aromatic nitrogens is 2. The maximum absolute atomic E-state index is 5.98. The number of ether oxygens (including phenoxy) is 2. The van der Waals surface area contributed by atoms with Crippen LogP contribution in [0.2, 0.25) is 0 Å². The predicted octanol–water partition coefficient (Wildman–Crippen LogP) is 3.52. The summed E-state index contributed by atoms with van der Waals surface area (Å²) in [4.78, 5) is 4.36. The number of nitrogens with one attached hydrogen (secondary N) is 2. The van der Waals surface area contributed by atoms with E-state index in [-0.39, 0.29) is 0 Å². The molecule has 0 aliphatic rings. The van der Waals surface area contributed by atoms with Crippen LogP contribution in [0.15, 0.2) is 65.9 Å². The second kappa shape index (κ2) is 12.5. The van der Waals surface area contributed by atoms with Crippen molar-refractivity contribution in [3.63, 3.8) is 0 Å². The van der Waals surface area contributed by atoms with E-state index in [1.807, 2.05) is 16.9 Å². The van der Waals surface area contributed by atoms with Crippen LogP contribution in [0, 0.1) is 6.92 Å². The largest absolute Gasteiger partial charge is 0.493 e. The van der Waals surface area contributed by atoms with Crippen LogP contribution < -0.4 is 15.4 Å². The van der Waals surface area contributed by atoms with Crippen molar-refractivity contribution in [3.8, 4) is 5.75 Å². The van der Waals surface area contributed by atoms with E-state index < -0.39 is 0 Å². The number of benzene rings is 2. The monoisotopic (exact) mass is 435 g/mol. The second-order valence-corrected chi connectivity index (χ2v) is 7.61. The molecule has 0 bridgehead atoms. The minimum absolute atomic E-state index is 0.624. The normalized spacial score (nSPS) is 11.4. The lowest BCUT2D eigenvalue weighted by Crippen LogP contribution is -2.36. The van der Waals surface area contributed by atoms with Crippen molar-refractivity contribution in [2.45, 2.75) is 33.0 Å². The molecule has 170 valence electrons. The molecule has 0 atom stereocenters. The van der Waals surface area contributed by atoms with E-state index in [9.17, 15) is 0 Å². The lowest BCUT2D eigenvalue weighted by Gasteiger charge is -2.16. The Morgan fingerprint density at radius 2 is 1.88 bits per heavy atom. The van der Waals surface area contributed by atoms with Crippen molar-refractivity contribution in [2.75, 3.05) is 27.4 Å². The van der Waals surface area contributed by atoms with Gasteiger partial charge in [0.2, 0.25) is 0 Å². The van der Waals surface area contributed by atoms with E-state index in [0.29, 0.717) is 26.3 Å². The minimum Gasteiger partial charge on any atom is -0.493 e. The molecule has 0 saturated heterocycles. The topological polar surface area (TPSA) is 72.7 Å². The fraction of sp³-hybridized carbons (Fsp3) is 0.360. The number of aliphatic imine (C=N–C) groups is 1. The molecule has 32 heavy (non-hydrogen) atoms. The summed E-state index contributed by atoms with van der Waals surface area (Å²) in [6.07, 6.45) is 4.63. The predicted molar refractivity (Wildman–Crippen MR) is 128 cm³/mol. The summed E-state index contributed by atoms with van der Waals surface area (Å²) in [6.45, 7) is 5.46. The van der Waals surface area contributed by atoms with Crippen molar-refractivity contribution in [3.05, 3.63) is 83.2 Å². The first-order valence-corrected chi connectivity index (χ1v) is 10.9. The number of methoxy groups -OCH3 is 1. The van der Waals surface area contributed by atoms with E-state index >= 15 is 0 Å². The van der Waals surface area contributed by atoms with Gasteiger partial charge in [-0.25, -0.2) is 0 Å². The molecule has 2 N–H and O–H groups in total.